The van der Waals surface area contributed by atoms with Crippen molar-refractivity contribution in [3.05, 3.63) is 34.5 Å². The average Bonchev–Trinajstić information content (AvgIpc) is 3.15. The highest BCUT2D eigenvalue weighted by molar-refractivity contribution is 5.93. The van der Waals surface area contributed by atoms with Crippen molar-refractivity contribution in [3.63, 3.8) is 0 Å². The lowest BCUT2D eigenvalue weighted by atomic mass is 9.93. The maximum atomic E-state index is 13.0. The smallest absolute Gasteiger partial charge is 0.274 e. The van der Waals surface area contributed by atoms with Gasteiger partial charge in [-0.25, -0.2) is 0 Å². The number of rotatable bonds is 4. The summed E-state index contributed by atoms with van der Waals surface area (Å²) in [6, 6.07) is 1.82. The van der Waals surface area contributed by atoms with Crippen molar-refractivity contribution in [1.29, 1.82) is 0 Å². The molecule has 2 amide bonds. The van der Waals surface area contributed by atoms with Gasteiger partial charge in [0.05, 0.1) is 18.2 Å². The van der Waals surface area contributed by atoms with Crippen LogP contribution in [0.2, 0.25) is 0 Å². The molecule has 2 aromatic heterocycles. The van der Waals surface area contributed by atoms with Gasteiger partial charge < -0.3 is 14.3 Å². The number of hydrogen-bond donors (Lipinski definition) is 1. The third-order valence-electron chi connectivity index (χ3n) is 5.82. The summed E-state index contributed by atoms with van der Waals surface area (Å²) in [6.07, 6.45) is 2.53. The summed E-state index contributed by atoms with van der Waals surface area (Å²) >= 11 is 0. The van der Waals surface area contributed by atoms with E-state index in [0.29, 0.717) is 25.3 Å². The molecule has 5 heterocycles. The molecular weight excluding hydrogens is 346 g/mol. The molecule has 8 heteroatoms. The topological polar surface area (TPSA) is 95.3 Å². The molecule has 0 spiro atoms. The van der Waals surface area contributed by atoms with Crippen LogP contribution in [0.15, 0.2) is 10.6 Å². The van der Waals surface area contributed by atoms with E-state index in [1.165, 1.54) is 0 Å². The van der Waals surface area contributed by atoms with Gasteiger partial charge in [0.1, 0.15) is 11.5 Å². The summed E-state index contributed by atoms with van der Waals surface area (Å²) in [5, 5.41) is 11.0. The van der Waals surface area contributed by atoms with Crippen LogP contribution in [-0.4, -0.2) is 56.1 Å². The van der Waals surface area contributed by atoms with Gasteiger partial charge in [-0.15, -0.1) is 0 Å². The number of amides is 2. The Morgan fingerprint density at radius 3 is 2.81 bits per heavy atom. The molecule has 0 aromatic carbocycles. The normalized spacial score (nSPS) is 22.4. The first-order valence-corrected chi connectivity index (χ1v) is 9.53. The Balaban J connectivity index is 1.56. The third-order valence-corrected chi connectivity index (χ3v) is 5.82. The van der Waals surface area contributed by atoms with E-state index in [1.54, 1.807) is 11.0 Å². The van der Waals surface area contributed by atoms with Crippen molar-refractivity contribution < 1.29 is 14.1 Å². The number of aryl methyl sites for hydroxylation is 3. The number of H-pyrrole nitrogens is 1. The minimum absolute atomic E-state index is 0.0125. The number of carbonyl (C=O) groups excluding carboxylic acids is 2. The van der Waals surface area contributed by atoms with Crippen molar-refractivity contribution in [1.82, 2.24) is 25.2 Å². The molecule has 3 aliphatic heterocycles. The average molecular weight is 371 g/mol. The fourth-order valence-electron chi connectivity index (χ4n) is 4.13. The third kappa shape index (κ3) is 3.13. The van der Waals surface area contributed by atoms with Crippen molar-refractivity contribution in [2.24, 2.45) is 5.92 Å². The molecule has 3 saturated heterocycles. The Hall–Kier alpha value is -2.64. The number of hydrogen-bond acceptors (Lipinski definition) is 5. The van der Waals surface area contributed by atoms with Crippen molar-refractivity contribution in [2.45, 2.75) is 52.6 Å². The van der Waals surface area contributed by atoms with E-state index in [4.69, 9.17) is 4.52 Å². The fraction of sp³-hybridized carbons (Fsp3) is 0.579. The van der Waals surface area contributed by atoms with Crippen molar-refractivity contribution >= 4 is 11.8 Å². The zero-order valence-electron chi connectivity index (χ0n) is 16.0. The highest BCUT2D eigenvalue weighted by Crippen LogP contribution is 2.32. The van der Waals surface area contributed by atoms with Gasteiger partial charge >= 0.3 is 0 Å². The van der Waals surface area contributed by atoms with Crippen LogP contribution in [0.25, 0.3) is 0 Å². The first-order valence-electron chi connectivity index (χ1n) is 9.53. The van der Waals surface area contributed by atoms with Crippen molar-refractivity contribution in [3.8, 4) is 0 Å². The molecule has 2 bridgehead atoms. The molecule has 0 saturated carbocycles. The molecule has 3 aliphatic rings. The molecule has 2 aromatic rings. The molecule has 1 N–H and O–H groups in total. The second-order valence-electron chi connectivity index (χ2n) is 7.54. The van der Waals surface area contributed by atoms with Gasteiger partial charge in [-0.2, -0.15) is 5.10 Å². The van der Waals surface area contributed by atoms with Gasteiger partial charge in [-0.05, 0) is 39.2 Å². The molecule has 0 radical (unpaired) electrons. The van der Waals surface area contributed by atoms with Crippen LogP contribution < -0.4 is 0 Å². The van der Waals surface area contributed by atoms with E-state index >= 15 is 0 Å². The molecule has 144 valence electrons. The number of nitrogens with zero attached hydrogens (tertiary/aromatic N) is 4. The van der Waals surface area contributed by atoms with E-state index in [0.717, 1.165) is 42.0 Å². The summed E-state index contributed by atoms with van der Waals surface area (Å²) < 4.78 is 5.25. The van der Waals surface area contributed by atoms with E-state index in [1.807, 2.05) is 25.7 Å². The number of fused-ring (bicyclic) bond motifs is 4. The predicted octanol–water partition coefficient (Wildman–Crippen LogP) is 1.84. The summed E-state index contributed by atoms with van der Waals surface area (Å²) in [5.74, 6) is 0.613. The first kappa shape index (κ1) is 17.8. The van der Waals surface area contributed by atoms with Gasteiger partial charge in [0, 0.05) is 30.4 Å². The minimum Gasteiger partial charge on any atom is -0.361 e. The summed E-state index contributed by atoms with van der Waals surface area (Å²) in [5.41, 5.74) is 3.15. The number of nitrogens with one attached hydrogen (secondary N) is 1. The fourth-order valence-corrected chi connectivity index (χ4v) is 4.13. The highest BCUT2D eigenvalue weighted by Gasteiger charge is 2.42. The molecule has 8 nitrogen and oxygen atoms in total. The molecule has 2 atom stereocenters. The van der Waals surface area contributed by atoms with Gasteiger partial charge in [0.25, 0.3) is 5.91 Å². The second kappa shape index (κ2) is 6.83. The summed E-state index contributed by atoms with van der Waals surface area (Å²) in [7, 11) is 0. The van der Waals surface area contributed by atoms with Gasteiger partial charge in [-0.1, -0.05) is 12.1 Å². The van der Waals surface area contributed by atoms with Crippen LogP contribution in [0.5, 0.6) is 0 Å². The first-order chi connectivity index (χ1) is 13.0. The second-order valence-corrected chi connectivity index (χ2v) is 7.54. The number of aromatic amines is 1. The lowest BCUT2D eigenvalue weighted by Crippen LogP contribution is -2.47. The number of aromatic nitrogens is 3. The monoisotopic (exact) mass is 371 g/mol. The molecule has 5 rings (SSSR count). The summed E-state index contributed by atoms with van der Waals surface area (Å²) in [4.78, 5) is 29.7. The standard InChI is InChI=1S/C19H25N5O3/c1-4-14-7-17(21-20-14)19(26)23-8-13-5-6-15(9-23)24(18(13)25)10-16-11(2)22-27-12(16)3/h7,13,15H,4-6,8-10H2,1-3H3,(H,20,21)/t13-,15+/m0/s1. The van der Waals surface area contributed by atoms with E-state index < -0.39 is 0 Å². The van der Waals surface area contributed by atoms with Crippen LogP contribution >= 0.6 is 0 Å². The Bertz CT molecular complexity index is 851. The molecule has 3 fully saturated rings. The highest BCUT2D eigenvalue weighted by atomic mass is 16.5. The van der Waals surface area contributed by atoms with Crippen LogP contribution in [-0.2, 0) is 17.8 Å². The van der Waals surface area contributed by atoms with Crippen molar-refractivity contribution in [2.75, 3.05) is 13.1 Å². The molecular formula is C19H25N5O3. The lowest BCUT2D eigenvalue weighted by molar-refractivity contribution is -0.140. The van der Waals surface area contributed by atoms with Gasteiger partial charge in [-0.3, -0.25) is 14.7 Å². The molecule has 0 aliphatic carbocycles. The number of piperidine rings is 1. The largest absolute Gasteiger partial charge is 0.361 e. The molecule has 27 heavy (non-hydrogen) atoms. The van der Waals surface area contributed by atoms with E-state index in [2.05, 4.69) is 15.4 Å². The Kier molecular flexibility index (Phi) is 4.49. The van der Waals surface area contributed by atoms with Gasteiger partial charge in [0.15, 0.2) is 0 Å². The van der Waals surface area contributed by atoms with E-state index in [-0.39, 0.29) is 23.8 Å². The van der Waals surface area contributed by atoms with Gasteiger partial charge in [0.2, 0.25) is 5.91 Å². The van der Waals surface area contributed by atoms with Crippen LogP contribution in [0.4, 0.5) is 0 Å². The summed E-state index contributed by atoms with van der Waals surface area (Å²) in [6.45, 7) is 7.27. The Morgan fingerprint density at radius 2 is 2.15 bits per heavy atom. The minimum atomic E-state index is -0.155. The zero-order chi connectivity index (χ0) is 19.1. The maximum absolute atomic E-state index is 13.0. The van der Waals surface area contributed by atoms with E-state index in [9.17, 15) is 9.59 Å². The number of carbonyl (C=O) groups is 2. The molecule has 0 unspecified atom stereocenters. The SMILES string of the molecule is CCc1cc(C(=O)N2C[C@@H]3CC[C@H](C2)N(Cc2c(C)noc2C)C3=O)n[nH]1. The quantitative estimate of drug-likeness (QED) is 0.885. The predicted molar refractivity (Wildman–Crippen MR) is 96.9 cm³/mol. The Labute approximate surface area is 157 Å². The zero-order valence-corrected chi connectivity index (χ0v) is 16.0. The van der Waals surface area contributed by atoms with Crippen LogP contribution in [0, 0.1) is 19.8 Å². The van der Waals surface area contributed by atoms with Crippen LogP contribution in [0.1, 0.15) is 53.0 Å². The lowest BCUT2D eigenvalue weighted by Gasteiger charge is -2.35. The maximum Gasteiger partial charge on any atom is 0.274 e. The Morgan fingerprint density at radius 1 is 1.33 bits per heavy atom. The van der Waals surface area contributed by atoms with Crippen LogP contribution in [0.3, 0.4) is 0 Å².